The van der Waals surface area contributed by atoms with Crippen LogP contribution in [0.1, 0.15) is 31.4 Å². The Bertz CT molecular complexity index is 736. The molecule has 9 heteroatoms. The highest BCUT2D eigenvalue weighted by molar-refractivity contribution is 5.95. The zero-order chi connectivity index (χ0) is 20.1. The lowest BCUT2D eigenvalue weighted by molar-refractivity contribution is -0.486. The van der Waals surface area contributed by atoms with Crippen molar-refractivity contribution in [2.75, 3.05) is 26.2 Å². The Kier molecular flexibility index (Phi) is 6.45. The van der Waals surface area contributed by atoms with Crippen molar-refractivity contribution in [3.63, 3.8) is 0 Å². The largest absolute Gasteiger partial charge is 0.444 e. The fourth-order valence-electron chi connectivity index (χ4n) is 3.57. The normalized spacial score (nSPS) is 23.4. The fourth-order valence-corrected chi connectivity index (χ4v) is 3.57. The van der Waals surface area contributed by atoms with E-state index >= 15 is 0 Å². The molecule has 0 spiro atoms. The Balaban J connectivity index is 1.62. The lowest BCUT2D eigenvalue weighted by atomic mass is 10.1. The number of aryl methyl sites for hydroxylation is 1. The van der Waals surface area contributed by atoms with Gasteiger partial charge in [0.1, 0.15) is 11.7 Å². The standard InChI is InChI=1S/C19H26N4O5/c1-3-15-4-6-16(7-5-15)12-28-19(24)22-9-8-21(18(22)20-23(25)26)11-17-10-14(2)27-13-17/h4-7,14,17H,3,8-13H2,1-2H3. The van der Waals surface area contributed by atoms with Crippen LogP contribution in [0.5, 0.6) is 0 Å². The lowest BCUT2D eigenvalue weighted by Gasteiger charge is -2.21. The van der Waals surface area contributed by atoms with Gasteiger partial charge in [0.05, 0.1) is 19.3 Å². The van der Waals surface area contributed by atoms with Gasteiger partial charge in [0, 0.05) is 19.0 Å². The molecular formula is C19H26N4O5. The summed E-state index contributed by atoms with van der Waals surface area (Å²) in [7, 11) is 0. The molecule has 9 nitrogen and oxygen atoms in total. The summed E-state index contributed by atoms with van der Waals surface area (Å²) in [5.74, 6) is 0.302. The minimum absolute atomic E-state index is 0.0379. The smallest absolute Gasteiger partial charge is 0.417 e. The van der Waals surface area contributed by atoms with Gasteiger partial charge in [0.2, 0.25) is 0 Å². The zero-order valence-electron chi connectivity index (χ0n) is 16.2. The van der Waals surface area contributed by atoms with E-state index in [-0.39, 0.29) is 24.6 Å². The van der Waals surface area contributed by atoms with Crippen molar-refractivity contribution >= 4 is 12.1 Å². The number of hydrogen-bond donors (Lipinski definition) is 0. The van der Waals surface area contributed by atoms with Gasteiger partial charge in [0.15, 0.2) is 5.03 Å². The molecule has 0 aliphatic carbocycles. The van der Waals surface area contributed by atoms with Crippen LogP contribution in [0, 0.1) is 16.0 Å². The molecule has 28 heavy (non-hydrogen) atoms. The average molecular weight is 390 g/mol. The van der Waals surface area contributed by atoms with Gasteiger partial charge in [0.25, 0.3) is 5.96 Å². The molecule has 2 heterocycles. The van der Waals surface area contributed by atoms with Crippen molar-refractivity contribution in [3.05, 3.63) is 45.5 Å². The zero-order valence-corrected chi connectivity index (χ0v) is 16.2. The van der Waals surface area contributed by atoms with Gasteiger partial charge in [-0.1, -0.05) is 31.2 Å². The number of hydrazone groups is 1. The average Bonchev–Trinajstić information content (AvgIpc) is 3.26. The number of ether oxygens (including phenoxy) is 2. The molecule has 1 aromatic carbocycles. The second-order valence-electron chi connectivity index (χ2n) is 7.21. The SMILES string of the molecule is CCc1ccc(COC(=O)N2CCN(CC3COC(C)C3)C2=N[N+](=O)[O-])cc1. The molecule has 0 aromatic heterocycles. The Morgan fingerprint density at radius 2 is 2.04 bits per heavy atom. The monoisotopic (exact) mass is 390 g/mol. The number of nitrogens with zero attached hydrogens (tertiary/aromatic N) is 4. The van der Waals surface area contributed by atoms with E-state index in [0.29, 0.717) is 26.2 Å². The summed E-state index contributed by atoms with van der Waals surface area (Å²) >= 11 is 0. The molecule has 2 unspecified atom stereocenters. The van der Waals surface area contributed by atoms with E-state index in [1.165, 1.54) is 10.5 Å². The number of guanidine groups is 1. The second kappa shape index (κ2) is 9.01. The van der Waals surface area contributed by atoms with Crippen LogP contribution in [0.3, 0.4) is 0 Å². The van der Waals surface area contributed by atoms with Gasteiger partial charge in [-0.05, 0) is 30.9 Å². The Morgan fingerprint density at radius 1 is 1.32 bits per heavy atom. The summed E-state index contributed by atoms with van der Waals surface area (Å²) in [5.41, 5.74) is 2.07. The summed E-state index contributed by atoms with van der Waals surface area (Å²) in [4.78, 5) is 26.5. The number of amides is 1. The molecule has 0 N–H and O–H groups in total. The molecule has 2 atom stereocenters. The highest BCUT2D eigenvalue weighted by Crippen LogP contribution is 2.22. The summed E-state index contributed by atoms with van der Waals surface area (Å²) in [6, 6.07) is 7.81. The summed E-state index contributed by atoms with van der Waals surface area (Å²) in [5, 5.41) is 13.7. The van der Waals surface area contributed by atoms with Crippen LogP contribution >= 0.6 is 0 Å². The van der Waals surface area contributed by atoms with Crippen LogP contribution in [-0.2, 0) is 22.5 Å². The predicted molar refractivity (Wildman–Crippen MR) is 102 cm³/mol. The van der Waals surface area contributed by atoms with E-state index in [1.54, 1.807) is 4.90 Å². The number of benzene rings is 1. The van der Waals surface area contributed by atoms with Gasteiger partial charge in [-0.2, -0.15) is 0 Å². The van der Waals surface area contributed by atoms with Crippen LogP contribution in [-0.4, -0.2) is 59.2 Å². The lowest BCUT2D eigenvalue weighted by Crippen LogP contribution is -2.40. The van der Waals surface area contributed by atoms with Crippen molar-refractivity contribution in [1.82, 2.24) is 9.80 Å². The van der Waals surface area contributed by atoms with Crippen molar-refractivity contribution in [2.24, 2.45) is 11.0 Å². The van der Waals surface area contributed by atoms with E-state index in [2.05, 4.69) is 12.0 Å². The molecule has 1 aromatic rings. The third-order valence-electron chi connectivity index (χ3n) is 5.06. The first kappa shape index (κ1) is 20.1. The van der Waals surface area contributed by atoms with Crippen LogP contribution in [0.25, 0.3) is 0 Å². The van der Waals surface area contributed by atoms with Gasteiger partial charge in [-0.3, -0.25) is 0 Å². The van der Waals surface area contributed by atoms with E-state index < -0.39 is 11.1 Å². The fraction of sp³-hybridized carbons (Fsp3) is 0.579. The van der Waals surface area contributed by atoms with Crippen LogP contribution in [0.2, 0.25) is 0 Å². The first-order valence-corrected chi connectivity index (χ1v) is 9.58. The predicted octanol–water partition coefficient (Wildman–Crippen LogP) is 2.48. The molecule has 0 bridgehead atoms. The summed E-state index contributed by atoms with van der Waals surface area (Å²) < 4.78 is 10.9. The molecule has 1 amide bonds. The molecule has 2 saturated heterocycles. The number of hydrogen-bond acceptors (Lipinski definition) is 5. The van der Waals surface area contributed by atoms with Crippen LogP contribution < -0.4 is 0 Å². The molecule has 2 aliphatic rings. The van der Waals surface area contributed by atoms with Crippen molar-refractivity contribution < 1.29 is 19.3 Å². The molecule has 0 radical (unpaired) electrons. The maximum atomic E-state index is 12.5. The first-order valence-electron chi connectivity index (χ1n) is 9.58. The summed E-state index contributed by atoms with van der Waals surface area (Å²) in [6.45, 7) is 6.16. The van der Waals surface area contributed by atoms with Crippen LogP contribution in [0.4, 0.5) is 4.79 Å². The minimum atomic E-state index is -0.773. The molecule has 152 valence electrons. The van der Waals surface area contributed by atoms with E-state index in [4.69, 9.17) is 9.47 Å². The quantitative estimate of drug-likeness (QED) is 0.547. The third kappa shape index (κ3) is 4.98. The highest BCUT2D eigenvalue weighted by atomic mass is 16.7. The first-order chi connectivity index (χ1) is 13.5. The van der Waals surface area contributed by atoms with Gasteiger partial charge in [-0.15, -0.1) is 0 Å². The van der Waals surface area contributed by atoms with Gasteiger partial charge >= 0.3 is 6.09 Å². The Labute approximate surface area is 164 Å². The minimum Gasteiger partial charge on any atom is -0.444 e. The van der Waals surface area contributed by atoms with E-state index in [9.17, 15) is 14.9 Å². The van der Waals surface area contributed by atoms with Crippen molar-refractivity contribution in [1.29, 1.82) is 0 Å². The third-order valence-corrected chi connectivity index (χ3v) is 5.06. The molecule has 0 saturated carbocycles. The van der Waals surface area contributed by atoms with E-state index in [1.807, 2.05) is 31.2 Å². The number of rotatable bonds is 6. The molecule has 2 aliphatic heterocycles. The van der Waals surface area contributed by atoms with Crippen molar-refractivity contribution in [3.8, 4) is 0 Å². The second-order valence-corrected chi connectivity index (χ2v) is 7.21. The number of nitro groups is 1. The van der Waals surface area contributed by atoms with Gasteiger partial charge in [-0.25, -0.2) is 19.8 Å². The maximum Gasteiger partial charge on any atom is 0.417 e. The molecule has 3 rings (SSSR count). The van der Waals surface area contributed by atoms with Crippen molar-refractivity contribution in [2.45, 2.75) is 39.4 Å². The van der Waals surface area contributed by atoms with Crippen LogP contribution in [0.15, 0.2) is 29.4 Å². The van der Waals surface area contributed by atoms with Gasteiger partial charge < -0.3 is 14.4 Å². The Hall–Kier alpha value is -2.68. The number of carbonyl (C=O) groups excluding carboxylic acids is 1. The number of carbonyl (C=O) groups is 1. The molecular weight excluding hydrogens is 364 g/mol. The van der Waals surface area contributed by atoms with E-state index in [0.717, 1.165) is 18.4 Å². The molecule has 2 fully saturated rings. The Morgan fingerprint density at radius 3 is 2.64 bits per heavy atom. The topological polar surface area (TPSA) is 97.5 Å². The highest BCUT2D eigenvalue weighted by Gasteiger charge is 2.37. The summed E-state index contributed by atoms with van der Waals surface area (Å²) in [6.07, 6.45) is 1.39. The maximum absolute atomic E-state index is 12.5.